The molecule has 0 unspecified atom stereocenters. The number of nitrogens with one attached hydrogen (secondary N) is 1. The minimum atomic E-state index is 0.0966. The second kappa shape index (κ2) is 7.41. The van der Waals surface area contributed by atoms with Gasteiger partial charge in [0.1, 0.15) is 0 Å². The lowest BCUT2D eigenvalue weighted by Crippen LogP contribution is -2.43. The molecule has 1 aromatic carbocycles. The fraction of sp³-hybridized carbons (Fsp3) is 0.562. The van der Waals surface area contributed by atoms with Crippen LogP contribution in [0.2, 0.25) is 0 Å². The highest BCUT2D eigenvalue weighted by Crippen LogP contribution is 2.17. The molecule has 1 heterocycles. The van der Waals surface area contributed by atoms with Crippen molar-refractivity contribution in [2.75, 3.05) is 32.8 Å². The normalized spacial score (nSPS) is 17.7. The van der Waals surface area contributed by atoms with Gasteiger partial charge >= 0.3 is 0 Å². The molecule has 1 aliphatic heterocycles. The van der Waals surface area contributed by atoms with Gasteiger partial charge in [-0.3, -0.25) is 9.69 Å². The average molecular weight is 276 g/mol. The Kier molecular flexibility index (Phi) is 5.56. The van der Waals surface area contributed by atoms with Crippen LogP contribution in [-0.2, 0) is 9.53 Å². The van der Waals surface area contributed by atoms with Crippen LogP contribution in [0.3, 0.4) is 0 Å². The van der Waals surface area contributed by atoms with Crippen LogP contribution in [-0.4, -0.2) is 43.7 Å². The summed E-state index contributed by atoms with van der Waals surface area (Å²) in [6, 6.07) is 8.47. The molecule has 4 nitrogen and oxygen atoms in total. The van der Waals surface area contributed by atoms with Crippen LogP contribution in [0.25, 0.3) is 0 Å². The summed E-state index contributed by atoms with van der Waals surface area (Å²) >= 11 is 0. The lowest BCUT2D eigenvalue weighted by atomic mass is 10.0. The van der Waals surface area contributed by atoms with Gasteiger partial charge in [0, 0.05) is 13.1 Å². The van der Waals surface area contributed by atoms with E-state index in [4.69, 9.17) is 4.74 Å². The van der Waals surface area contributed by atoms with Gasteiger partial charge in [-0.15, -0.1) is 0 Å². The van der Waals surface area contributed by atoms with E-state index in [1.54, 1.807) is 0 Å². The molecule has 0 bridgehead atoms. The highest BCUT2D eigenvalue weighted by Gasteiger charge is 2.17. The van der Waals surface area contributed by atoms with Gasteiger partial charge in [-0.25, -0.2) is 0 Å². The van der Waals surface area contributed by atoms with Crippen molar-refractivity contribution in [3.8, 4) is 0 Å². The second-order valence-corrected chi connectivity index (χ2v) is 5.33. The summed E-state index contributed by atoms with van der Waals surface area (Å²) in [4.78, 5) is 14.3. The molecule has 1 N–H and O–H groups in total. The van der Waals surface area contributed by atoms with Gasteiger partial charge in [0.15, 0.2) is 0 Å². The monoisotopic (exact) mass is 276 g/mol. The van der Waals surface area contributed by atoms with Crippen LogP contribution in [0.4, 0.5) is 0 Å². The average Bonchev–Trinajstić information content (AvgIpc) is 2.47. The molecule has 20 heavy (non-hydrogen) atoms. The Morgan fingerprint density at radius 3 is 2.55 bits per heavy atom. The van der Waals surface area contributed by atoms with Crippen LogP contribution in [0.5, 0.6) is 0 Å². The van der Waals surface area contributed by atoms with Crippen LogP contribution in [0.1, 0.15) is 30.5 Å². The first-order valence-electron chi connectivity index (χ1n) is 7.35. The van der Waals surface area contributed by atoms with E-state index in [1.807, 2.05) is 0 Å². The quantitative estimate of drug-likeness (QED) is 0.893. The van der Waals surface area contributed by atoms with Crippen LogP contribution in [0.15, 0.2) is 24.3 Å². The molecule has 1 aliphatic rings. The van der Waals surface area contributed by atoms with Crippen molar-refractivity contribution in [3.63, 3.8) is 0 Å². The van der Waals surface area contributed by atoms with Gasteiger partial charge in [0.05, 0.1) is 25.8 Å². The molecule has 110 valence electrons. The molecular formula is C16H24N2O2. The molecule has 1 amide bonds. The van der Waals surface area contributed by atoms with Crippen molar-refractivity contribution in [1.82, 2.24) is 10.2 Å². The molecule has 1 aromatic rings. The van der Waals surface area contributed by atoms with E-state index >= 15 is 0 Å². The first kappa shape index (κ1) is 15.0. The zero-order chi connectivity index (χ0) is 14.4. The van der Waals surface area contributed by atoms with Gasteiger partial charge in [0.2, 0.25) is 5.91 Å². The number of carbonyl (C=O) groups is 1. The van der Waals surface area contributed by atoms with E-state index in [0.717, 1.165) is 32.7 Å². The summed E-state index contributed by atoms with van der Waals surface area (Å²) in [7, 11) is 0. The Labute approximate surface area is 121 Å². The summed E-state index contributed by atoms with van der Waals surface area (Å²) < 4.78 is 5.29. The number of morpholine rings is 1. The predicted octanol–water partition coefficient (Wildman–Crippen LogP) is 1.89. The first-order valence-corrected chi connectivity index (χ1v) is 7.35. The van der Waals surface area contributed by atoms with Gasteiger partial charge in [-0.2, -0.15) is 0 Å². The highest BCUT2D eigenvalue weighted by molar-refractivity contribution is 5.78. The fourth-order valence-corrected chi connectivity index (χ4v) is 2.42. The summed E-state index contributed by atoms with van der Waals surface area (Å²) in [5.74, 6) is 0.0966. The third-order valence-electron chi connectivity index (χ3n) is 3.69. The fourth-order valence-electron chi connectivity index (χ4n) is 2.42. The van der Waals surface area contributed by atoms with Crippen molar-refractivity contribution >= 4 is 5.91 Å². The van der Waals surface area contributed by atoms with Crippen molar-refractivity contribution in [3.05, 3.63) is 35.4 Å². The maximum absolute atomic E-state index is 12.1. The Morgan fingerprint density at radius 1 is 1.30 bits per heavy atom. The number of rotatable bonds is 5. The minimum absolute atomic E-state index is 0.0966. The zero-order valence-corrected chi connectivity index (χ0v) is 12.4. The lowest BCUT2D eigenvalue weighted by molar-refractivity contribution is -0.124. The molecule has 4 heteroatoms. The zero-order valence-electron chi connectivity index (χ0n) is 12.4. The highest BCUT2D eigenvalue weighted by atomic mass is 16.5. The Balaban J connectivity index is 1.88. The number of nitrogens with zero attached hydrogens (tertiary/aromatic N) is 1. The van der Waals surface area contributed by atoms with Crippen LogP contribution in [0, 0.1) is 6.92 Å². The van der Waals surface area contributed by atoms with Crippen molar-refractivity contribution in [1.29, 1.82) is 0 Å². The smallest absolute Gasteiger partial charge is 0.234 e. The second-order valence-electron chi connectivity index (χ2n) is 5.33. The molecule has 0 radical (unpaired) electrons. The predicted molar refractivity (Wildman–Crippen MR) is 79.6 cm³/mol. The molecule has 0 spiro atoms. The SMILES string of the molecule is CC[C@@H](NC(=O)CN1CCOCC1)c1ccc(C)cc1. The van der Waals surface area contributed by atoms with Gasteiger partial charge in [-0.05, 0) is 18.9 Å². The van der Waals surface area contributed by atoms with E-state index < -0.39 is 0 Å². The number of aryl methyl sites for hydroxylation is 1. The summed E-state index contributed by atoms with van der Waals surface area (Å²) in [6.45, 7) is 7.77. The van der Waals surface area contributed by atoms with E-state index in [0.29, 0.717) is 6.54 Å². The topological polar surface area (TPSA) is 41.6 Å². The Morgan fingerprint density at radius 2 is 1.95 bits per heavy atom. The lowest BCUT2D eigenvalue weighted by Gasteiger charge is -2.27. The maximum Gasteiger partial charge on any atom is 0.234 e. The minimum Gasteiger partial charge on any atom is -0.379 e. The van der Waals surface area contributed by atoms with E-state index in [9.17, 15) is 4.79 Å². The Hall–Kier alpha value is -1.39. The number of ether oxygens (including phenoxy) is 1. The number of carbonyl (C=O) groups excluding carboxylic acids is 1. The van der Waals surface area contributed by atoms with Crippen molar-refractivity contribution < 1.29 is 9.53 Å². The largest absolute Gasteiger partial charge is 0.379 e. The van der Waals surface area contributed by atoms with E-state index in [2.05, 4.69) is 48.3 Å². The van der Waals surface area contributed by atoms with Gasteiger partial charge < -0.3 is 10.1 Å². The first-order chi connectivity index (χ1) is 9.69. The maximum atomic E-state index is 12.1. The molecule has 0 saturated carbocycles. The van der Waals surface area contributed by atoms with Crippen LogP contribution >= 0.6 is 0 Å². The standard InChI is InChI=1S/C16H24N2O2/c1-3-15(14-6-4-13(2)5-7-14)17-16(19)12-18-8-10-20-11-9-18/h4-7,15H,3,8-12H2,1-2H3,(H,17,19)/t15-/m1/s1. The number of hydrogen-bond acceptors (Lipinski definition) is 3. The van der Waals surface area contributed by atoms with E-state index in [-0.39, 0.29) is 11.9 Å². The third-order valence-corrected chi connectivity index (χ3v) is 3.69. The number of hydrogen-bond donors (Lipinski definition) is 1. The van der Waals surface area contributed by atoms with Crippen molar-refractivity contribution in [2.45, 2.75) is 26.3 Å². The Bertz CT molecular complexity index is 425. The molecule has 0 aliphatic carbocycles. The summed E-state index contributed by atoms with van der Waals surface area (Å²) in [6.07, 6.45) is 0.901. The molecule has 1 atom stereocenters. The number of benzene rings is 1. The van der Waals surface area contributed by atoms with Crippen molar-refractivity contribution in [2.24, 2.45) is 0 Å². The molecule has 1 saturated heterocycles. The molecular weight excluding hydrogens is 252 g/mol. The van der Waals surface area contributed by atoms with Crippen LogP contribution < -0.4 is 5.32 Å². The molecule has 0 aromatic heterocycles. The number of amides is 1. The summed E-state index contributed by atoms with van der Waals surface area (Å²) in [5.41, 5.74) is 2.41. The molecule has 1 fully saturated rings. The molecule has 2 rings (SSSR count). The van der Waals surface area contributed by atoms with E-state index in [1.165, 1.54) is 11.1 Å². The third kappa shape index (κ3) is 4.32. The van der Waals surface area contributed by atoms with Gasteiger partial charge in [0.25, 0.3) is 0 Å². The van der Waals surface area contributed by atoms with Gasteiger partial charge in [-0.1, -0.05) is 36.8 Å². The summed E-state index contributed by atoms with van der Waals surface area (Å²) in [5, 5.41) is 3.13.